The Morgan fingerprint density at radius 3 is 2.62 bits per heavy atom. The molecule has 2 aromatic rings. The second-order valence-corrected chi connectivity index (χ2v) is 7.27. The zero-order chi connectivity index (χ0) is 15.4. The zero-order valence-electron chi connectivity index (χ0n) is 11.8. The summed E-state index contributed by atoms with van der Waals surface area (Å²) < 4.78 is 2.88. The minimum Gasteiger partial charge on any atom is -0.369 e. The van der Waals surface area contributed by atoms with Crippen LogP contribution in [-0.2, 0) is 6.42 Å². The number of aryl methyl sites for hydroxylation is 1. The van der Waals surface area contributed by atoms with Crippen molar-refractivity contribution in [1.29, 1.82) is 0 Å². The molecule has 0 aliphatic heterocycles. The fourth-order valence-corrected chi connectivity index (χ4v) is 3.75. The standard InChI is InChI=1S/C14H15Br2IN4/c1-3-5-18-13-11(17)10(4-2)20-14(21-13)12-9(16)6-8(15)7-19-12/h6-7H,3-5H2,1-2H3,(H,18,20,21). The van der Waals surface area contributed by atoms with Gasteiger partial charge in [0.25, 0.3) is 0 Å². The minimum atomic E-state index is 0.644. The number of nitrogens with one attached hydrogen (secondary N) is 1. The van der Waals surface area contributed by atoms with Gasteiger partial charge in [0.2, 0.25) is 0 Å². The highest BCUT2D eigenvalue weighted by Crippen LogP contribution is 2.29. The van der Waals surface area contributed by atoms with E-state index in [2.05, 4.69) is 88.6 Å². The molecule has 4 nitrogen and oxygen atoms in total. The molecule has 0 aromatic carbocycles. The van der Waals surface area contributed by atoms with E-state index in [1.165, 1.54) is 0 Å². The third-order valence-corrected chi connectivity index (χ3v) is 4.99. The zero-order valence-corrected chi connectivity index (χ0v) is 17.1. The first kappa shape index (κ1) is 17.1. The number of hydrogen-bond donors (Lipinski definition) is 1. The number of hydrogen-bond acceptors (Lipinski definition) is 4. The highest BCUT2D eigenvalue weighted by molar-refractivity contribution is 14.1. The summed E-state index contributed by atoms with van der Waals surface area (Å²) in [6.07, 6.45) is 3.67. The number of rotatable bonds is 5. The van der Waals surface area contributed by atoms with E-state index in [0.717, 1.165) is 49.1 Å². The Morgan fingerprint density at radius 1 is 1.24 bits per heavy atom. The summed E-state index contributed by atoms with van der Waals surface area (Å²) >= 11 is 9.25. The lowest BCUT2D eigenvalue weighted by Gasteiger charge is -2.12. The summed E-state index contributed by atoms with van der Waals surface area (Å²) in [4.78, 5) is 13.7. The molecule has 112 valence electrons. The lowest BCUT2D eigenvalue weighted by atomic mass is 10.2. The van der Waals surface area contributed by atoms with E-state index in [0.29, 0.717) is 5.82 Å². The van der Waals surface area contributed by atoms with E-state index in [1.807, 2.05) is 6.07 Å². The molecule has 0 atom stereocenters. The van der Waals surface area contributed by atoms with Crippen molar-refractivity contribution < 1.29 is 0 Å². The molecule has 0 fully saturated rings. The van der Waals surface area contributed by atoms with Gasteiger partial charge in [-0.3, -0.25) is 4.98 Å². The van der Waals surface area contributed by atoms with Gasteiger partial charge in [0.15, 0.2) is 5.82 Å². The summed E-state index contributed by atoms with van der Waals surface area (Å²) in [5.41, 5.74) is 1.79. The first-order valence-electron chi connectivity index (χ1n) is 6.68. The fraction of sp³-hybridized carbons (Fsp3) is 0.357. The molecule has 2 aromatic heterocycles. The number of nitrogens with zero attached hydrogens (tertiary/aromatic N) is 3. The van der Waals surface area contributed by atoms with Crippen LogP contribution in [0.5, 0.6) is 0 Å². The van der Waals surface area contributed by atoms with Crippen LogP contribution in [0.15, 0.2) is 21.2 Å². The molecule has 0 spiro atoms. The summed E-state index contributed by atoms with van der Waals surface area (Å²) in [5, 5.41) is 3.37. The van der Waals surface area contributed by atoms with Gasteiger partial charge in [0.1, 0.15) is 11.5 Å². The topological polar surface area (TPSA) is 50.7 Å². The monoisotopic (exact) mass is 524 g/mol. The van der Waals surface area contributed by atoms with E-state index in [9.17, 15) is 0 Å². The molecule has 0 aliphatic rings. The lowest BCUT2D eigenvalue weighted by Crippen LogP contribution is -2.09. The average Bonchev–Trinajstić information content (AvgIpc) is 2.46. The van der Waals surface area contributed by atoms with Crippen molar-refractivity contribution in [2.75, 3.05) is 11.9 Å². The molecular formula is C14H15Br2IN4. The summed E-state index contributed by atoms with van der Waals surface area (Å²) in [6, 6.07) is 1.95. The first-order valence-corrected chi connectivity index (χ1v) is 9.35. The van der Waals surface area contributed by atoms with Gasteiger partial charge in [0, 0.05) is 21.7 Å². The lowest BCUT2D eigenvalue weighted by molar-refractivity contribution is 0.939. The SMILES string of the molecule is CCCNc1nc(-c2ncc(Br)cc2Br)nc(CC)c1I. The third-order valence-electron chi connectivity index (χ3n) is 2.82. The maximum Gasteiger partial charge on any atom is 0.181 e. The molecule has 1 N–H and O–H groups in total. The van der Waals surface area contributed by atoms with Crippen molar-refractivity contribution in [2.45, 2.75) is 26.7 Å². The number of anilines is 1. The second kappa shape index (κ2) is 7.82. The Bertz CT molecular complexity index is 649. The molecular weight excluding hydrogens is 511 g/mol. The van der Waals surface area contributed by atoms with E-state index in [-0.39, 0.29) is 0 Å². The van der Waals surface area contributed by atoms with E-state index in [4.69, 9.17) is 0 Å². The highest BCUT2D eigenvalue weighted by atomic mass is 127. The smallest absolute Gasteiger partial charge is 0.181 e. The molecule has 21 heavy (non-hydrogen) atoms. The van der Waals surface area contributed by atoms with Crippen LogP contribution in [0, 0.1) is 3.57 Å². The predicted molar refractivity (Wildman–Crippen MR) is 102 cm³/mol. The van der Waals surface area contributed by atoms with Crippen molar-refractivity contribution in [3.8, 4) is 11.5 Å². The van der Waals surface area contributed by atoms with Gasteiger partial charge in [-0.05, 0) is 73.4 Å². The van der Waals surface area contributed by atoms with Crippen LogP contribution in [0.3, 0.4) is 0 Å². The number of halogens is 3. The van der Waals surface area contributed by atoms with Crippen LogP contribution in [0.25, 0.3) is 11.5 Å². The largest absolute Gasteiger partial charge is 0.369 e. The Labute approximate surface area is 155 Å². The van der Waals surface area contributed by atoms with Crippen LogP contribution in [0.1, 0.15) is 26.0 Å². The van der Waals surface area contributed by atoms with Crippen LogP contribution < -0.4 is 5.32 Å². The maximum absolute atomic E-state index is 4.65. The molecule has 0 amide bonds. The van der Waals surface area contributed by atoms with Crippen molar-refractivity contribution >= 4 is 60.3 Å². The molecule has 0 radical (unpaired) electrons. The van der Waals surface area contributed by atoms with Crippen molar-refractivity contribution in [3.63, 3.8) is 0 Å². The molecule has 0 aliphatic carbocycles. The summed E-state index contributed by atoms with van der Waals surface area (Å²) in [6.45, 7) is 5.13. The Morgan fingerprint density at radius 2 is 2.00 bits per heavy atom. The maximum atomic E-state index is 4.65. The second-order valence-electron chi connectivity index (χ2n) is 4.42. The van der Waals surface area contributed by atoms with Gasteiger partial charge < -0.3 is 5.32 Å². The number of aromatic nitrogens is 3. The van der Waals surface area contributed by atoms with Gasteiger partial charge in [-0.15, -0.1) is 0 Å². The van der Waals surface area contributed by atoms with Crippen LogP contribution in [0.4, 0.5) is 5.82 Å². The average molecular weight is 526 g/mol. The molecule has 0 saturated heterocycles. The van der Waals surface area contributed by atoms with Crippen molar-refractivity contribution in [1.82, 2.24) is 15.0 Å². The first-order chi connectivity index (χ1) is 10.1. The fourth-order valence-electron chi connectivity index (χ4n) is 1.77. The Hall–Kier alpha value is -0.280. The van der Waals surface area contributed by atoms with Gasteiger partial charge in [-0.25, -0.2) is 9.97 Å². The van der Waals surface area contributed by atoms with Crippen molar-refractivity contribution in [2.24, 2.45) is 0 Å². The van der Waals surface area contributed by atoms with Crippen LogP contribution in [0.2, 0.25) is 0 Å². The van der Waals surface area contributed by atoms with Crippen LogP contribution in [-0.4, -0.2) is 21.5 Å². The minimum absolute atomic E-state index is 0.644. The van der Waals surface area contributed by atoms with Gasteiger partial charge in [-0.2, -0.15) is 0 Å². The Balaban J connectivity index is 2.52. The van der Waals surface area contributed by atoms with Gasteiger partial charge in [-0.1, -0.05) is 13.8 Å². The quantitative estimate of drug-likeness (QED) is 0.555. The normalized spacial score (nSPS) is 10.7. The molecule has 0 bridgehead atoms. The summed E-state index contributed by atoms with van der Waals surface area (Å²) in [7, 11) is 0. The molecule has 7 heteroatoms. The predicted octanol–water partition coefficient (Wildman–Crippen LogP) is 5.05. The van der Waals surface area contributed by atoms with E-state index in [1.54, 1.807) is 6.20 Å². The summed E-state index contributed by atoms with van der Waals surface area (Å²) in [5.74, 6) is 1.53. The highest BCUT2D eigenvalue weighted by Gasteiger charge is 2.15. The van der Waals surface area contributed by atoms with Gasteiger partial charge in [0.05, 0.1) is 9.26 Å². The molecule has 0 unspecified atom stereocenters. The van der Waals surface area contributed by atoms with Crippen molar-refractivity contribution in [3.05, 3.63) is 30.5 Å². The molecule has 0 saturated carbocycles. The molecule has 2 heterocycles. The van der Waals surface area contributed by atoms with E-state index >= 15 is 0 Å². The van der Waals surface area contributed by atoms with E-state index < -0.39 is 0 Å². The molecule has 2 rings (SSSR count). The Kier molecular flexibility index (Phi) is 6.36. The van der Waals surface area contributed by atoms with Gasteiger partial charge >= 0.3 is 0 Å². The number of pyridine rings is 1. The van der Waals surface area contributed by atoms with Crippen LogP contribution >= 0.6 is 54.5 Å². The third kappa shape index (κ3) is 4.13.